The predicted molar refractivity (Wildman–Crippen MR) is 53.1 cm³/mol. The van der Waals surface area contributed by atoms with E-state index in [1.807, 2.05) is 12.1 Å². The number of thioether (sulfide) groups is 1. The fourth-order valence-electron chi connectivity index (χ4n) is 1.53. The van der Waals surface area contributed by atoms with Crippen LogP contribution in [-0.4, -0.2) is 23.9 Å². The molecule has 0 aromatic heterocycles. The summed E-state index contributed by atoms with van der Waals surface area (Å²) < 4.78 is 4.59. The van der Waals surface area contributed by atoms with Gasteiger partial charge in [-0.05, 0) is 6.07 Å². The number of ether oxygens (including phenoxy) is 1. The summed E-state index contributed by atoms with van der Waals surface area (Å²) in [5.41, 5.74) is -0.812. The van der Waals surface area contributed by atoms with Crippen LogP contribution in [0.5, 0.6) is 0 Å². The first-order valence-corrected chi connectivity index (χ1v) is 5.20. The van der Waals surface area contributed by atoms with Crippen molar-refractivity contribution >= 4 is 17.7 Å². The zero-order chi connectivity index (χ0) is 10.2. The molecule has 0 spiro atoms. The molecule has 0 saturated heterocycles. The molecule has 0 aliphatic carbocycles. The van der Waals surface area contributed by atoms with Gasteiger partial charge in [0.1, 0.15) is 0 Å². The van der Waals surface area contributed by atoms with Gasteiger partial charge >= 0.3 is 5.97 Å². The second kappa shape index (κ2) is 3.29. The topological polar surface area (TPSA) is 46.5 Å². The van der Waals surface area contributed by atoms with Crippen LogP contribution in [0.3, 0.4) is 0 Å². The summed E-state index contributed by atoms with van der Waals surface area (Å²) in [6.07, 6.45) is 0. The van der Waals surface area contributed by atoms with Gasteiger partial charge in [-0.2, -0.15) is 0 Å². The predicted octanol–water partition coefficient (Wildman–Crippen LogP) is 1.15. The van der Waals surface area contributed by atoms with Gasteiger partial charge in [0.25, 0.3) is 0 Å². The molecule has 0 radical (unpaired) electrons. The van der Waals surface area contributed by atoms with Crippen molar-refractivity contribution in [3.05, 3.63) is 29.8 Å². The van der Waals surface area contributed by atoms with Crippen LogP contribution in [0.25, 0.3) is 0 Å². The fourth-order valence-corrected chi connectivity index (χ4v) is 2.74. The number of carbonyl (C=O) groups is 1. The highest BCUT2D eigenvalue weighted by Gasteiger charge is 2.45. The van der Waals surface area contributed by atoms with Crippen LogP contribution in [0.2, 0.25) is 0 Å². The normalized spacial score (nSPS) is 24.4. The van der Waals surface area contributed by atoms with E-state index >= 15 is 0 Å². The van der Waals surface area contributed by atoms with Crippen LogP contribution in [0.4, 0.5) is 0 Å². The van der Waals surface area contributed by atoms with Crippen LogP contribution < -0.4 is 0 Å². The number of esters is 1. The molecular formula is C10H10O3S. The zero-order valence-electron chi connectivity index (χ0n) is 7.69. The SMILES string of the molecule is COC(=O)C1(O)CSc2ccccc21. The third kappa shape index (κ3) is 1.22. The number of hydrogen-bond acceptors (Lipinski definition) is 4. The Morgan fingerprint density at radius 1 is 1.57 bits per heavy atom. The van der Waals surface area contributed by atoms with Crippen molar-refractivity contribution < 1.29 is 14.6 Å². The number of carbonyl (C=O) groups excluding carboxylic acids is 1. The highest BCUT2D eigenvalue weighted by atomic mass is 32.2. The Hall–Kier alpha value is -1.00. The van der Waals surface area contributed by atoms with Gasteiger partial charge in [0.2, 0.25) is 0 Å². The molecule has 74 valence electrons. The second-order valence-corrected chi connectivity index (χ2v) is 4.15. The van der Waals surface area contributed by atoms with Crippen LogP contribution in [0, 0.1) is 0 Å². The van der Waals surface area contributed by atoms with Gasteiger partial charge in [-0.3, -0.25) is 0 Å². The lowest BCUT2D eigenvalue weighted by Gasteiger charge is -2.19. The zero-order valence-corrected chi connectivity index (χ0v) is 8.50. The molecule has 14 heavy (non-hydrogen) atoms. The first kappa shape index (κ1) is 9.55. The van der Waals surface area contributed by atoms with Gasteiger partial charge in [0.05, 0.1) is 7.11 Å². The lowest BCUT2D eigenvalue weighted by molar-refractivity contribution is -0.160. The highest BCUT2D eigenvalue weighted by Crippen LogP contribution is 2.42. The van der Waals surface area contributed by atoms with Crippen molar-refractivity contribution in [2.24, 2.45) is 0 Å². The van der Waals surface area contributed by atoms with E-state index in [1.54, 1.807) is 12.1 Å². The highest BCUT2D eigenvalue weighted by molar-refractivity contribution is 7.99. The van der Waals surface area contributed by atoms with Crippen LogP contribution in [0.1, 0.15) is 5.56 Å². The molecular weight excluding hydrogens is 200 g/mol. The van der Waals surface area contributed by atoms with Crippen molar-refractivity contribution in [1.29, 1.82) is 0 Å². The van der Waals surface area contributed by atoms with Gasteiger partial charge in [-0.1, -0.05) is 18.2 Å². The minimum Gasteiger partial charge on any atom is -0.467 e. The molecule has 1 aromatic carbocycles. The van der Waals surface area contributed by atoms with E-state index in [9.17, 15) is 9.90 Å². The first-order chi connectivity index (χ1) is 6.68. The lowest BCUT2D eigenvalue weighted by Crippen LogP contribution is -2.36. The summed E-state index contributed by atoms with van der Waals surface area (Å²) in [5.74, 6) is -0.256. The standard InChI is InChI=1S/C10H10O3S/c1-13-9(11)10(12)6-14-8-5-3-2-4-7(8)10/h2-5,12H,6H2,1H3. The molecule has 2 rings (SSSR count). The molecule has 1 aromatic rings. The number of aliphatic hydroxyl groups is 1. The maximum atomic E-state index is 11.4. The summed E-state index contributed by atoms with van der Waals surface area (Å²) in [4.78, 5) is 12.4. The smallest absolute Gasteiger partial charge is 0.343 e. The van der Waals surface area contributed by atoms with E-state index in [-0.39, 0.29) is 0 Å². The summed E-state index contributed by atoms with van der Waals surface area (Å²) in [7, 11) is 1.28. The van der Waals surface area contributed by atoms with Gasteiger partial charge in [0.15, 0.2) is 5.60 Å². The fraction of sp³-hybridized carbons (Fsp3) is 0.300. The summed E-state index contributed by atoms with van der Waals surface area (Å²) in [6, 6.07) is 7.33. The van der Waals surface area contributed by atoms with Crippen molar-refractivity contribution in [3.63, 3.8) is 0 Å². The molecule has 1 aliphatic heterocycles. The molecule has 0 bridgehead atoms. The van der Waals surface area contributed by atoms with Crippen LogP contribution >= 0.6 is 11.8 Å². The van der Waals surface area contributed by atoms with Crippen molar-refractivity contribution in [2.75, 3.05) is 12.9 Å². The monoisotopic (exact) mass is 210 g/mol. The molecule has 1 aliphatic rings. The number of fused-ring (bicyclic) bond motifs is 1. The average Bonchev–Trinajstić information content (AvgIpc) is 2.58. The number of benzene rings is 1. The van der Waals surface area contributed by atoms with Crippen molar-refractivity contribution in [2.45, 2.75) is 10.5 Å². The Bertz CT molecular complexity index is 377. The largest absolute Gasteiger partial charge is 0.467 e. The molecule has 3 nitrogen and oxygen atoms in total. The summed E-state index contributed by atoms with van der Waals surface area (Å²) in [5, 5.41) is 10.1. The van der Waals surface area contributed by atoms with E-state index in [1.165, 1.54) is 18.9 Å². The Labute approximate surface area is 86.1 Å². The number of methoxy groups -OCH3 is 1. The van der Waals surface area contributed by atoms with Crippen molar-refractivity contribution in [3.8, 4) is 0 Å². The number of hydrogen-bond donors (Lipinski definition) is 1. The van der Waals surface area contributed by atoms with E-state index in [2.05, 4.69) is 4.74 Å². The van der Waals surface area contributed by atoms with Gasteiger partial charge < -0.3 is 9.84 Å². The van der Waals surface area contributed by atoms with Crippen molar-refractivity contribution in [1.82, 2.24) is 0 Å². The second-order valence-electron chi connectivity index (χ2n) is 3.14. The maximum absolute atomic E-state index is 11.4. The van der Waals surface area contributed by atoms with Gasteiger partial charge in [-0.15, -0.1) is 11.8 Å². The Kier molecular flexibility index (Phi) is 2.25. The Balaban J connectivity index is 2.47. The molecule has 0 amide bonds. The lowest BCUT2D eigenvalue weighted by atomic mass is 9.96. The van der Waals surface area contributed by atoms with Crippen LogP contribution in [0.15, 0.2) is 29.2 Å². The first-order valence-electron chi connectivity index (χ1n) is 4.21. The quantitative estimate of drug-likeness (QED) is 0.706. The summed E-state index contributed by atoms with van der Waals surface area (Å²) >= 11 is 1.47. The molecule has 1 heterocycles. The van der Waals surface area contributed by atoms with Gasteiger partial charge in [0, 0.05) is 16.2 Å². The minimum absolute atomic E-state index is 0.332. The van der Waals surface area contributed by atoms with E-state index in [4.69, 9.17) is 0 Å². The third-order valence-corrected chi connectivity index (χ3v) is 3.52. The molecule has 0 fully saturated rings. The summed E-state index contributed by atoms with van der Waals surface area (Å²) in [6.45, 7) is 0. The Morgan fingerprint density at radius 2 is 2.29 bits per heavy atom. The van der Waals surface area contributed by atoms with E-state index in [0.29, 0.717) is 11.3 Å². The average molecular weight is 210 g/mol. The molecule has 0 saturated carbocycles. The maximum Gasteiger partial charge on any atom is 0.343 e. The van der Waals surface area contributed by atoms with E-state index < -0.39 is 11.6 Å². The Morgan fingerprint density at radius 3 is 3.00 bits per heavy atom. The third-order valence-electron chi connectivity index (χ3n) is 2.29. The number of rotatable bonds is 1. The van der Waals surface area contributed by atoms with Gasteiger partial charge in [-0.25, -0.2) is 4.79 Å². The minimum atomic E-state index is -1.46. The molecule has 1 atom stereocenters. The van der Waals surface area contributed by atoms with E-state index in [0.717, 1.165) is 4.90 Å². The molecule has 1 unspecified atom stereocenters. The molecule has 1 N–H and O–H groups in total. The van der Waals surface area contributed by atoms with Crippen LogP contribution in [-0.2, 0) is 15.1 Å². The molecule has 4 heteroatoms.